The minimum atomic E-state index is -0.214. The van der Waals surface area contributed by atoms with Crippen LogP contribution in [0.5, 0.6) is 0 Å². The molecule has 8 heteroatoms. The van der Waals surface area contributed by atoms with Crippen molar-refractivity contribution >= 4 is 23.1 Å². The Hall–Kier alpha value is -2.22. The van der Waals surface area contributed by atoms with E-state index in [2.05, 4.69) is 25.4 Å². The van der Waals surface area contributed by atoms with Crippen LogP contribution in [0.25, 0.3) is 0 Å². The molecule has 3 rings (SSSR count). The fraction of sp³-hybridized carbons (Fsp3) is 0.429. The van der Waals surface area contributed by atoms with Crippen LogP contribution in [0.1, 0.15) is 29.8 Å². The Morgan fingerprint density at radius 2 is 2.36 bits per heavy atom. The van der Waals surface area contributed by atoms with Crippen molar-refractivity contribution in [3.05, 3.63) is 39.1 Å². The first-order chi connectivity index (χ1) is 10.7. The highest BCUT2D eigenvalue weighted by molar-refractivity contribution is 7.07. The molecule has 0 radical (unpaired) electrons. The summed E-state index contributed by atoms with van der Waals surface area (Å²) in [7, 11) is 0. The number of aromatic amines is 1. The zero-order valence-corrected chi connectivity index (χ0v) is 12.8. The summed E-state index contributed by atoms with van der Waals surface area (Å²) in [5.74, 6) is 0.591. The Morgan fingerprint density at radius 1 is 1.45 bits per heavy atom. The van der Waals surface area contributed by atoms with E-state index in [9.17, 15) is 9.59 Å². The number of carbonyl (C=O) groups excluding carboxylic acids is 1. The Morgan fingerprint density at radius 3 is 3.09 bits per heavy atom. The molecule has 1 aliphatic heterocycles. The lowest BCUT2D eigenvalue weighted by Gasteiger charge is -2.36. The molecule has 2 N–H and O–H groups in total. The van der Waals surface area contributed by atoms with E-state index < -0.39 is 0 Å². The normalized spacial score (nSPS) is 18.2. The molecule has 7 nitrogen and oxygen atoms in total. The van der Waals surface area contributed by atoms with Gasteiger partial charge in [-0.05, 0) is 25.3 Å². The first kappa shape index (κ1) is 14.7. The minimum absolute atomic E-state index is 0.152. The van der Waals surface area contributed by atoms with E-state index in [0.717, 1.165) is 31.6 Å². The van der Waals surface area contributed by atoms with Crippen LogP contribution in [0, 0.1) is 0 Å². The first-order valence-electron chi connectivity index (χ1n) is 7.23. The van der Waals surface area contributed by atoms with Gasteiger partial charge in [-0.1, -0.05) is 0 Å². The molecule has 2 aromatic rings. The van der Waals surface area contributed by atoms with Gasteiger partial charge in [0.15, 0.2) is 0 Å². The van der Waals surface area contributed by atoms with E-state index in [4.69, 9.17) is 0 Å². The number of nitrogens with one attached hydrogen (secondary N) is 2. The van der Waals surface area contributed by atoms with Gasteiger partial charge in [-0.25, -0.2) is 10.1 Å². The van der Waals surface area contributed by atoms with Gasteiger partial charge < -0.3 is 10.2 Å². The summed E-state index contributed by atoms with van der Waals surface area (Å²) in [6.07, 6.45) is 3.19. The molecule has 0 aliphatic carbocycles. The molecular formula is C14H17N5O2S. The summed E-state index contributed by atoms with van der Waals surface area (Å²) in [4.78, 5) is 29.3. The lowest BCUT2D eigenvalue weighted by Crippen LogP contribution is -2.47. The summed E-state index contributed by atoms with van der Waals surface area (Å²) in [6.45, 7) is 1.41. The highest BCUT2D eigenvalue weighted by atomic mass is 32.1. The number of nitrogens with zero attached hydrogens (tertiary/aromatic N) is 3. The van der Waals surface area contributed by atoms with Gasteiger partial charge >= 0.3 is 0 Å². The fourth-order valence-electron chi connectivity index (χ4n) is 2.64. The van der Waals surface area contributed by atoms with Gasteiger partial charge in [0, 0.05) is 30.6 Å². The summed E-state index contributed by atoms with van der Waals surface area (Å²) in [5.41, 5.74) is 1.88. The molecule has 0 aromatic carbocycles. The zero-order valence-electron chi connectivity index (χ0n) is 12.0. The summed E-state index contributed by atoms with van der Waals surface area (Å²) in [6, 6.07) is 3.37. The number of carbonyl (C=O) groups is 1. The van der Waals surface area contributed by atoms with Crippen LogP contribution in [0.2, 0.25) is 0 Å². The highest BCUT2D eigenvalue weighted by Gasteiger charge is 2.24. The lowest BCUT2D eigenvalue weighted by molar-refractivity contribution is 0.0945. The van der Waals surface area contributed by atoms with Crippen molar-refractivity contribution < 1.29 is 4.79 Å². The third-order valence-electron chi connectivity index (χ3n) is 3.75. The molecule has 0 bridgehead atoms. The summed E-state index contributed by atoms with van der Waals surface area (Å²) in [5, 5.41) is 11.2. The van der Waals surface area contributed by atoms with Crippen LogP contribution < -0.4 is 15.8 Å². The molecule has 3 heterocycles. The standard InChI is InChI=1S/C14H17N5O2S/c20-13-5-4-12(17-18-13)19-6-2-1-3-10(19)7-15-14(21)11-8-22-9-16-11/h4-5,8-10H,1-3,6-7H2,(H,15,21)(H,18,20). The fourth-order valence-corrected chi connectivity index (χ4v) is 3.17. The molecule has 1 atom stereocenters. The van der Waals surface area contributed by atoms with E-state index in [-0.39, 0.29) is 17.5 Å². The van der Waals surface area contributed by atoms with E-state index >= 15 is 0 Å². The number of hydrogen-bond donors (Lipinski definition) is 2. The SMILES string of the molecule is O=C(NCC1CCCCN1c1ccc(=O)[nH]n1)c1cscn1. The molecule has 1 amide bonds. The van der Waals surface area contributed by atoms with Crippen molar-refractivity contribution in [3.63, 3.8) is 0 Å². The van der Waals surface area contributed by atoms with Gasteiger partial charge in [-0.2, -0.15) is 5.10 Å². The Balaban J connectivity index is 1.66. The molecule has 116 valence electrons. The first-order valence-corrected chi connectivity index (χ1v) is 8.17. The summed E-state index contributed by atoms with van der Waals surface area (Å²) < 4.78 is 0. The third-order valence-corrected chi connectivity index (χ3v) is 4.34. The largest absolute Gasteiger partial charge is 0.350 e. The van der Waals surface area contributed by atoms with E-state index in [1.807, 2.05) is 0 Å². The zero-order chi connectivity index (χ0) is 15.4. The van der Waals surface area contributed by atoms with Crippen molar-refractivity contribution in [2.75, 3.05) is 18.0 Å². The summed E-state index contributed by atoms with van der Waals surface area (Å²) >= 11 is 1.40. The van der Waals surface area contributed by atoms with Crippen LogP contribution in [-0.4, -0.2) is 40.2 Å². The predicted molar refractivity (Wildman–Crippen MR) is 84.3 cm³/mol. The second kappa shape index (κ2) is 6.69. The van der Waals surface area contributed by atoms with Crippen LogP contribution in [0.3, 0.4) is 0 Å². The van der Waals surface area contributed by atoms with E-state index in [1.54, 1.807) is 17.0 Å². The minimum Gasteiger partial charge on any atom is -0.350 e. The van der Waals surface area contributed by atoms with Crippen LogP contribution in [-0.2, 0) is 0 Å². The highest BCUT2D eigenvalue weighted by Crippen LogP contribution is 2.21. The second-order valence-corrected chi connectivity index (χ2v) is 5.92. The van der Waals surface area contributed by atoms with Crippen molar-refractivity contribution in [3.8, 4) is 0 Å². The Labute approximate surface area is 131 Å². The maximum atomic E-state index is 12.0. The molecule has 1 fully saturated rings. The molecule has 22 heavy (non-hydrogen) atoms. The number of rotatable bonds is 4. The van der Waals surface area contributed by atoms with Crippen molar-refractivity contribution in [2.45, 2.75) is 25.3 Å². The van der Waals surface area contributed by atoms with E-state index in [0.29, 0.717) is 12.2 Å². The number of anilines is 1. The topological polar surface area (TPSA) is 91.0 Å². The van der Waals surface area contributed by atoms with Gasteiger partial charge in [0.25, 0.3) is 11.5 Å². The molecular weight excluding hydrogens is 302 g/mol. The Kier molecular flexibility index (Phi) is 4.47. The van der Waals surface area contributed by atoms with Crippen molar-refractivity contribution in [1.29, 1.82) is 0 Å². The molecule has 1 saturated heterocycles. The number of aromatic nitrogens is 3. The maximum absolute atomic E-state index is 12.0. The Bertz CT molecular complexity index is 664. The molecule has 1 unspecified atom stereocenters. The predicted octanol–water partition coefficient (Wildman–Crippen LogP) is 1.02. The smallest absolute Gasteiger partial charge is 0.270 e. The number of H-pyrrole nitrogens is 1. The van der Waals surface area contributed by atoms with Gasteiger partial charge in [-0.15, -0.1) is 11.3 Å². The van der Waals surface area contributed by atoms with Gasteiger partial charge in [0.1, 0.15) is 11.5 Å². The average Bonchev–Trinajstić information content (AvgIpc) is 3.08. The monoisotopic (exact) mass is 319 g/mol. The number of piperidine rings is 1. The number of hydrogen-bond acceptors (Lipinski definition) is 6. The van der Waals surface area contributed by atoms with Gasteiger partial charge in [-0.3, -0.25) is 9.59 Å². The molecule has 1 aliphatic rings. The second-order valence-electron chi connectivity index (χ2n) is 5.21. The third kappa shape index (κ3) is 3.33. The maximum Gasteiger partial charge on any atom is 0.270 e. The quantitative estimate of drug-likeness (QED) is 0.878. The van der Waals surface area contributed by atoms with Crippen molar-refractivity contribution in [2.24, 2.45) is 0 Å². The van der Waals surface area contributed by atoms with Crippen molar-refractivity contribution in [1.82, 2.24) is 20.5 Å². The lowest BCUT2D eigenvalue weighted by atomic mass is 10.0. The number of amides is 1. The van der Waals surface area contributed by atoms with Gasteiger partial charge in [0.2, 0.25) is 0 Å². The average molecular weight is 319 g/mol. The molecule has 0 spiro atoms. The van der Waals surface area contributed by atoms with Crippen LogP contribution in [0.15, 0.2) is 27.8 Å². The van der Waals surface area contributed by atoms with Gasteiger partial charge in [0.05, 0.1) is 5.51 Å². The van der Waals surface area contributed by atoms with E-state index in [1.165, 1.54) is 17.4 Å². The van der Waals surface area contributed by atoms with Crippen LogP contribution in [0.4, 0.5) is 5.82 Å². The van der Waals surface area contributed by atoms with Crippen LogP contribution >= 0.6 is 11.3 Å². The molecule has 0 saturated carbocycles. The number of thiazole rings is 1. The molecule has 2 aromatic heterocycles.